The number of hydrogen-bond donors (Lipinski definition) is 2. The number of aliphatic imine (C=N–C) groups is 1. The molecule has 0 saturated carbocycles. The summed E-state index contributed by atoms with van der Waals surface area (Å²) in [4.78, 5) is 30.6. The van der Waals surface area contributed by atoms with Gasteiger partial charge >= 0.3 is 0 Å². The highest BCUT2D eigenvalue weighted by atomic mass is 35.5. The molecule has 0 saturated heterocycles. The Hall–Kier alpha value is -2.44. The predicted octanol–water partition coefficient (Wildman–Crippen LogP) is 3.44. The Morgan fingerprint density at radius 3 is 3.00 bits per heavy atom. The zero-order valence-corrected chi connectivity index (χ0v) is 16.4. The summed E-state index contributed by atoms with van der Waals surface area (Å²) in [6, 6.07) is 5.88. The van der Waals surface area contributed by atoms with E-state index in [1.54, 1.807) is 0 Å². The lowest BCUT2D eigenvalue weighted by Gasteiger charge is -2.27. The minimum atomic E-state index is -0.0278. The van der Waals surface area contributed by atoms with E-state index in [4.69, 9.17) is 16.6 Å². The number of H-pyrrole nitrogens is 2. The zero-order valence-electron chi connectivity index (χ0n) is 15.6. The molecule has 0 bridgehead atoms. The van der Waals surface area contributed by atoms with Crippen LogP contribution in [0.15, 0.2) is 34.2 Å². The lowest BCUT2D eigenvalue weighted by molar-refractivity contribution is 0.242. The molecule has 0 atom stereocenters. The molecule has 2 aliphatic rings. The third-order valence-electron chi connectivity index (χ3n) is 5.67. The number of fused-ring (bicyclic) bond motifs is 2. The third-order valence-corrected chi connectivity index (χ3v) is 5.90. The van der Waals surface area contributed by atoms with E-state index in [2.05, 4.69) is 19.9 Å². The van der Waals surface area contributed by atoms with Crippen LogP contribution in [0.25, 0.3) is 10.9 Å². The number of rotatable bonds is 3. The van der Waals surface area contributed by atoms with Gasteiger partial charge in [-0.2, -0.15) is 0 Å². The number of nitrogens with zero attached hydrogens (tertiary/aromatic N) is 3. The lowest BCUT2D eigenvalue weighted by Crippen LogP contribution is -2.36. The van der Waals surface area contributed by atoms with E-state index in [0.29, 0.717) is 12.4 Å². The van der Waals surface area contributed by atoms with Crippen LogP contribution >= 0.6 is 11.6 Å². The first-order valence-corrected chi connectivity index (χ1v) is 10.2. The fourth-order valence-electron chi connectivity index (χ4n) is 4.17. The third kappa shape index (κ3) is 3.27. The van der Waals surface area contributed by atoms with Crippen LogP contribution in [0.3, 0.4) is 0 Å². The van der Waals surface area contributed by atoms with E-state index in [9.17, 15) is 4.79 Å². The number of nitrogens with one attached hydrogen (secondary N) is 2. The Bertz CT molecular complexity index is 1130. The number of hydrogen-bond acceptors (Lipinski definition) is 4. The second kappa shape index (κ2) is 7.18. The van der Waals surface area contributed by atoms with Gasteiger partial charge in [0.05, 0.1) is 17.0 Å². The van der Waals surface area contributed by atoms with Crippen LogP contribution in [0.4, 0.5) is 0 Å². The van der Waals surface area contributed by atoms with Gasteiger partial charge in [0.1, 0.15) is 0 Å². The molecule has 0 unspecified atom stereocenters. The van der Waals surface area contributed by atoms with Crippen LogP contribution in [-0.2, 0) is 19.5 Å². The fourth-order valence-corrected chi connectivity index (χ4v) is 4.34. The summed E-state index contributed by atoms with van der Waals surface area (Å²) in [6.45, 7) is 3.09. The molecule has 0 aliphatic carbocycles. The smallest absolute Gasteiger partial charge is 0.255 e. The van der Waals surface area contributed by atoms with Crippen molar-refractivity contribution in [2.24, 2.45) is 4.99 Å². The van der Waals surface area contributed by atoms with E-state index in [-0.39, 0.29) is 5.56 Å². The van der Waals surface area contributed by atoms with Crippen molar-refractivity contribution in [1.29, 1.82) is 0 Å². The van der Waals surface area contributed by atoms with Gasteiger partial charge in [-0.25, -0.2) is 4.98 Å². The molecule has 2 N–H and O–H groups in total. The van der Waals surface area contributed by atoms with Gasteiger partial charge in [-0.3, -0.25) is 14.7 Å². The highest BCUT2D eigenvalue weighted by Crippen LogP contribution is 2.25. The van der Waals surface area contributed by atoms with Crippen LogP contribution in [0, 0.1) is 0 Å². The molecule has 28 heavy (non-hydrogen) atoms. The first-order chi connectivity index (χ1) is 13.7. The number of aromatic nitrogens is 3. The van der Waals surface area contributed by atoms with E-state index >= 15 is 0 Å². The molecule has 2 aliphatic heterocycles. The van der Waals surface area contributed by atoms with Crippen molar-refractivity contribution in [3.05, 3.63) is 62.4 Å². The number of benzene rings is 1. The molecule has 0 amide bonds. The fraction of sp³-hybridized carbons (Fsp3) is 0.381. The second-order valence-corrected chi connectivity index (χ2v) is 8.03. The first-order valence-electron chi connectivity index (χ1n) is 9.81. The van der Waals surface area contributed by atoms with Gasteiger partial charge < -0.3 is 9.97 Å². The Kier molecular flexibility index (Phi) is 4.53. The molecule has 0 radical (unpaired) electrons. The van der Waals surface area contributed by atoms with Gasteiger partial charge in [0.2, 0.25) is 0 Å². The van der Waals surface area contributed by atoms with Crippen LogP contribution in [0.1, 0.15) is 41.9 Å². The molecular formula is C21H22ClN5O. The molecule has 3 aromatic rings. The van der Waals surface area contributed by atoms with Crippen molar-refractivity contribution in [2.45, 2.75) is 38.8 Å². The highest BCUT2D eigenvalue weighted by Gasteiger charge is 2.23. The Morgan fingerprint density at radius 2 is 2.14 bits per heavy atom. The molecule has 2 aromatic heterocycles. The van der Waals surface area contributed by atoms with Crippen molar-refractivity contribution >= 4 is 28.2 Å². The van der Waals surface area contributed by atoms with Gasteiger partial charge in [-0.15, -0.1) is 0 Å². The van der Waals surface area contributed by atoms with Crippen molar-refractivity contribution in [2.75, 3.05) is 13.1 Å². The average Bonchev–Trinajstić information content (AvgIpc) is 3.11. The van der Waals surface area contributed by atoms with Gasteiger partial charge in [-0.05, 0) is 43.0 Å². The molecule has 6 nitrogen and oxygen atoms in total. The topological polar surface area (TPSA) is 77.1 Å². The van der Waals surface area contributed by atoms with Gasteiger partial charge in [-0.1, -0.05) is 11.6 Å². The second-order valence-electron chi connectivity index (χ2n) is 7.59. The number of halogens is 1. The molecule has 0 spiro atoms. The zero-order chi connectivity index (χ0) is 19.1. The monoisotopic (exact) mass is 395 g/mol. The summed E-state index contributed by atoms with van der Waals surface area (Å²) in [6.07, 6.45) is 5.94. The molecule has 0 fully saturated rings. The summed E-state index contributed by atoms with van der Waals surface area (Å²) >= 11 is 6.17. The van der Waals surface area contributed by atoms with E-state index in [1.807, 2.05) is 24.4 Å². The average molecular weight is 396 g/mol. The Labute approximate surface area is 167 Å². The van der Waals surface area contributed by atoms with Crippen LogP contribution in [0.2, 0.25) is 5.02 Å². The normalized spacial score (nSPS) is 17.5. The molecule has 4 heterocycles. The maximum absolute atomic E-state index is 12.7. The Balaban J connectivity index is 1.40. The van der Waals surface area contributed by atoms with Gasteiger partial charge in [0, 0.05) is 54.7 Å². The van der Waals surface area contributed by atoms with E-state index < -0.39 is 0 Å². The van der Waals surface area contributed by atoms with Gasteiger partial charge in [0.25, 0.3) is 5.56 Å². The standard InChI is InChI=1S/C21H22ClN5O/c22-14-4-5-17-15(9-14)13(10-24-17)11-27-8-6-18-16(12-27)21(28)26-20(25-18)19-3-1-2-7-23-19/h4-5,9-10,24H,1-3,6-8,11-12H2,(H,25,26,28). The van der Waals surface area contributed by atoms with Gasteiger partial charge in [0.15, 0.2) is 5.82 Å². The minimum Gasteiger partial charge on any atom is -0.361 e. The summed E-state index contributed by atoms with van der Waals surface area (Å²) in [5.74, 6) is 0.670. The number of aromatic amines is 2. The van der Waals surface area contributed by atoms with Crippen LogP contribution < -0.4 is 5.56 Å². The summed E-state index contributed by atoms with van der Waals surface area (Å²) in [7, 11) is 0. The van der Waals surface area contributed by atoms with Crippen LogP contribution in [0.5, 0.6) is 0 Å². The van der Waals surface area contributed by atoms with Crippen molar-refractivity contribution in [3.8, 4) is 0 Å². The summed E-state index contributed by atoms with van der Waals surface area (Å²) in [5.41, 5.74) is 4.89. The molecule has 7 heteroatoms. The maximum Gasteiger partial charge on any atom is 0.255 e. The Morgan fingerprint density at radius 1 is 1.21 bits per heavy atom. The van der Waals surface area contributed by atoms with E-state index in [0.717, 1.165) is 78.2 Å². The first kappa shape index (κ1) is 17.6. The largest absolute Gasteiger partial charge is 0.361 e. The van der Waals surface area contributed by atoms with E-state index in [1.165, 1.54) is 5.56 Å². The minimum absolute atomic E-state index is 0.0278. The summed E-state index contributed by atoms with van der Waals surface area (Å²) in [5, 5.41) is 1.87. The predicted molar refractivity (Wildman–Crippen MR) is 111 cm³/mol. The van der Waals surface area contributed by atoms with Crippen molar-refractivity contribution in [1.82, 2.24) is 19.9 Å². The quantitative estimate of drug-likeness (QED) is 0.713. The highest BCUT2D eigenvalue weighted by molar-refractivity contribution is 6.31. The molecule has 5 rings (SSSR count). The lowest BCUT2D eigenvalue weighted by atomic mass is 10.0. The van der Waals surface area contributed by atoms with Crippen molar-refractivity contribution < 1.29 is 0 Å². The van der Waals surface area contributed by atoms with Crippen LogP contribution in [-0.4, -0.2) is 38.7 Å². The maximum atomic E-state index is 12.7. The SMILES string of the molecule is O=c1[nH]c(C2=NCCCC2)nc2c1CN(Cc1c[nH]c3ccc(Cl)cc13)CC2. The molecule has 144 valence electrons. The molecular weight excluding hydrogens is 374 g/mol. The molecule has 1 aromatic carbocycles. The summed E-state index contributed by atoms with van der Waals surface area (Å²) < 4.78 is 0. The van der Waals surface area contributed by atoms with Crippen molar-refractivity contribution in [3.63, 3.8) is 0 Å².